The van der Waals surface area contributed by atoms with Crippen molar-refractivity contribution in [3.05, 3.63) is 29.8 Å². The molecule has 0 fully saturated rings. The van der Waals surface area contributed by atoms with Gasteiger partial charge in [-0.15, -0.1) is 0 Å². The van der Waals surface area contributed by atoms with Gasteiger partial charge in [0.25, 0.3) is 0 Å². The van der Waals surface area contributed by atoms with Gasteiger partial charge in [-0.05, 0) is 31.5 Å². The fraction of sp³-hybridized carbons (Fsp3) is 0.455. The second kappa shape index (κ2) is 4.98. The average Bonchev–Trinajstić information content (AvgIpc) is 2.14. The second-order valence-electron chi connectivity index (χ2n) is 3.83. The van der Waals surface area contributed by atoms with Crippen molar-refractivity contribution in [1.29, 1.82) is 0 Å². The molecule has 1 aromatic carbocycles. The van der Waals surface area contributed by atoms with Crippen molar-refractivity contribution in [1.82, 2.24) is 0 Å². The lowest BCUT2D eigenvalue weighted by Gasteiger charge is -2.11. The molecular formula is C11H18NO2+. The fourth-order valence-corrected chi connectivity index (χ4v) is 1.27. The lowest BCUT2D eigenvalue weighted by atomic mass is 10.1. The summed E-state index contributed by atoms with van der Waals surface area (Å²) in [5.41, 5.74) is 0.766. The molecule has 1 rings (SSSR count). The van der Waals surface area contributed by atoms with Gasteiger partial charge in [0.05, 0.1) is 6.04 Å². The zero-order valence-corrected chi connectivity index (χ0v) is 8.64. The molecule has 4 N–H and O–H groups in total. The van der Waals surface area contributed by atoms with E-state index in [9.17, 15) is 10.2 Å². The summed E-state index contributed by atoms with van der Waals surface area (Å²) < 4.78 is 0. The lowest BCUT2D eigenvalue weighted by Crippen LogP contribution is -2.89. The first-order valence-corrected chi connectivity index (χ1v) is 4.90. The summed E-state index contributed by atoms with van der Waals surface area (Å²) in [6, 6.07) is 7.23. The van der Waals surface area contributed by atoms with E-state index < -0.39 is 6.10 Å². The van der Waals surface area contributed by atoms with Crippen molar-refractivity contribution in [3.63, 3.8) is 0 Å². The van der Waals surface area contributed by atoms with Crippen LogP contribution in [0.5, 0.6) is 5.75 Å². The minimum Gasteiger partial charge on any atom is -0.508 e. The number of phenols is 1. The standard InChI is InChI=1S/C11H17NO2/c1-8(2)12-7-11(14)9-4-3-5-10(13)6-9/h3-6,8,11-14H,7H2,1-2H3/p+1. The number of aliphatic hydroxyl groups excluding tert-OH is 1. The van der Waals surface area contributed by atoms with Crippen LogP contribution < -0.4 is 5.32 Å². The Morgan fingerprint density at radius 1 is 1.36 bits per heavy atom. The molecule has 1 aromatic rings. The number of rotatable bonds is 4. The summed E-state index contributed by atoms with van der Waals surface area (Å²) in [6.07, 6.45) is -0.510. The van der Waals surface area contributed by atoms with E-state index in [2.05, 4.69) is 19.2 Å². The Morgan fingerprint density at radius 2 is 2.07 bits per heavy atom. The van der Waals surface area contributed by atoms with Crippen LogP contribution in [0.1, 0.15) is 25.5 Å². The van der Waals surface area contributed by atoms with E-state index in [0.29, 0.717) is 12.6 Å². The molecule has 0 saturated carbocycles. The van der Waals surface area contributed by atoms with Crippen LogP contribution in [0.4, 0.5) is 0 Å². The van der Waals surface area contributed by atoms with Crippen molar-refractivity contribution in [2.24, 2.45) is 0 Å². The predicted octanol–water partition coefficient (Wildman–Crippen LogP) is 0.397. The number of nitrogens with two attached hydrogens (primary N) is 1. The number of quaternary nitrogens is 1. The first kappa shape index (κ1) is 11.0. The molecule has 0 aliphatic carbocycles. The normalized spacial score (nSPS) is 13.1. The van der Waals surface area contributed by atoms with E-state index in [-0.39, 0.29) is 5.75 Å². The first-order valence-electron chi connectivity index (χ1n) is 4.90. The monoisotopic (exact) mass is 196 g/mol. The molecule has 0 spiro atoms. The molecule has 14 heavy (non-hydrogen) atoms. The maximum absolute atomic E-state index is 9.75. The third-order valence-corrected chi connectivity index (χ3v) is 2.09. The Morgan fingerprint density at radius 3 is 2.64 bits per heavy atom. The van der Waals surface area contributed by atoms with Gasteiger partial charge in [0.15, 0.2) is 0 Å². The molecule has 0 aromatic heterocycles. The van der Waals surface area contributed by atoms with Gasteiger partial charge in [0.1, 0.15) is 18.4 Å². The third-order valence-electron chi connectivity index (χ3n) is 2.09. The number of hydrogen-bond acceptors (Lipinski definition) is 2. The molecule has 1 atom stereocenters. The molecule has 0 radical (unpaired) electrons. The van der Waals surface area contributed by atoms with Gasteiger partial charge in [-0.25, -0.2) is 0 Å². The Bertz CT molecular complexity index is 286. The van der Waals surface area contributed by atoms with Crippen molar-refractivity contribution in [2.75, 3.05) is 6.54 Å². The molecular weight excluding hydrogens is 178 g/mol. The van der Waals surface area contributed by atoms with E-state index >= 15 is 0 Å². The van der Waals surface area contributed by atoms with E-state index in [0.717, 1.165) is 5.56 Å². The van der Waals surface area contributed by atoms with Crippen LogP contribution in [0, 0.1) is 0 Å². The molecule has 1 unspecified atom stereocenters. The topological polar surface area (TPSA) is 57.1 Å². The van der Waals surface area contributed by atoms with Gasteiger partial charge in [0, 0.05) is 0 Å². The molecule has 3 nitrogen and oxygen atoms in total. The van der Waals surface area contributed by atoms with E-state index in [1.165, 1.54) is 0 Å². The summed E-state index contributed by atoms with van der Waals surface area (Å²) in [7, 11) is 0. The fourth-order valence-electron chi connectivity index (χ4n) is 1.27. The molecule has 0 heterocycles. The average molecular weight is 196 g/mol. The molecule has 78 valence electrons. The van der Waals surface area contributed by atoms with Gasteiger partial charge in [-0.3, -0.25) is 0 Å². The summed E-state index contributed by atoms with van der Waals surface area (Å²) in [5.74, 6) is 0.200. The smallest absolute Gasteiger partial charge is 0.128 e. The van der Waals surface area contributed by atoms with Crippen molar-refractivity contribution < 1.29 is 15.5 Å². The van der Waals surface area contributed by atoms with Gasteiger partial charge < -0.3 is 15.5 Å². The van der Waals surface area contributed by atoms with Crippen LogP contribution in [0.15, 0.2) is 24.3 Å². The SMILES string of the molecule is CC(C)[NH2+]CC(O)c1cccc(O)c1. The highest BCUT2D eigenvalue weighted by Gasteiger charge is 2.10. The number of aromatic hydroxyl groups is 1. The number of hydrogen-bond donors (Lipinski definition) is 3. The maximum atomic E-state index is 9.75. The number of aliphatic hydroxyl groups is 1. The minimum atomic E-state index is -0.510. The van der Waals surface area contributed by atoms with Gasteiger partial charge >= 0.3 is 0 Å². The molecule has 0 amide bonds. The summed E-state index contributed by atoms with van der Waals surface area (Å²) in [5, 5.41) is 21.0. The minimum absolute atomic E-state index is 0.200. The maximum Gasteiger partial charge on any atom is 0.128 e. The van der Waals surface area contributed by atoms with Crippen LogP contribution in [-0.4, -0.2) is 22.8 Å². The highest BCUT2D eigenvalue weighted by atomic mass is 16.3. The quantitative estimate of drug-likeness (QED) is 0.653. The van der Waals surface area contributed by atoms with Crippen LogP contribution >= 0.6 is 0 Å². The zero-order chi connectivity index (χ0) is 10.6. The van der Waals surface area contributed by atoms with Crippen LogP contribution in [-0.2, 0) is 0 Å². The first-order chi connectivity index (χ1) is 6.59. The summed E-state index contributed by atoms with van der Waals surface area (Å²) in [4.78, 5) is 0. The van der Waals surface area contributed by atoms with E-state index in [4.69, 9.17) is 0 Å². The highest BCUT2D eigenvalue weighted by Crippen LogP contribution is 2.16. The zero-order valence-electron chi connectivity index (χ0n) is 8.64. The van der Waals surface area contributed by atoms with E-state index in [1.54, 1.807) is 18.2 Å². The Balaban J connectivity index is 2.56. The third kappa shape index (κ3) is 3.36. The highest BCUT2D eigenvalue weighted by molar-refractivity contribution is 5.28. The van der Waals surface area contributed by atoms with Gasteiger partial charge in [-0.2, -0.15) is 0 Å². The Labute approximate surface area is 84.4 Å². The summed E-state index contributed by atoms with van der Waals surface area (Å²) >= 11 is 0. The molecule has 0 aliphatic heterocycles. The second-order valence-corrected chi connectivity index (χ2v) is 3.83. The van der Waals surface area contributed by atoms with Crippen molar-refractivity contribution in [2.45, 2.75) is 26.0 Å². The van der Waals surface area contributed by atoms with Crippen molar-refractivity contribution in [3.8, 4) is 5.75 Å². The van der Waals surface area contributed by atoms with Gasteiger partial charge in [-0.1, -0.05) is 12.1 Å². The molecule has 0 aliphatic rings. The predicted molar refractivity (Wildman–Crippen MR) is 55.0 cm³/mol. The van der Waals surface area contributed by atoms with Gasteiger partial charge in [0.2, 0.25) is 0 Å². The van der Waals surface area contributed by atoms with Crippen LogP contribution in [0.25, 0.3) is 0 Å². The Kier molecular flexibility index (Phi) is 3.92. The molecule has 0 bridgehead atoms. The van der Waals surface area contributed by atoms with Crippen molar-refractivity contribution >= 4 is 0 Å². The Hall–Kier alpha value is -1.06. The molecule has 0 saturated heterocycles. The van der Waals surface area contributed by atoms with Crippen LogP contribution in [0.2, 0.25) is 0 Å². The van der Waals surface area contributed by atoms with E-state index in [1.807, 2.05) is 6.07 Å². The van der Waals surface area contributed by atoms with Crippen LogP contribution in [0.3, 0.4) is 0 Å². The number of phenolic OH excluding ortho intramolecular Hbond substituents is 1. The lowest BCUT2D eigenvalue weighted by molar-refractivity contribution is -0.689. The summed E-state index contributed by atoms with van der Waals surface area (Å²) in [6.45, 7) is 4.78. The largest absolute Gasteiger partial charge is 0.508 e. The number of benzene rings is 1. The molecule has 3 heteroatoms.